The van der Waals surface area contributed by atoms with Gasteiger partial charge in [-0.1, -0.05) is 30.3 Å². The number of likely N-dealkylation sites (tertiary alicyclic amines) is 1. The second-order valence-corrected chi connectivity index (χ2v) is 7.25. The van der Waals surface area contributed by atoms with Crippen molar-refractivity contribution in [1.82, 2.24) is 4.90 Å². The van der Waals surface area contributed by atoms with Crippen molar-refractivity contribution in [3.05, 3.63) is 59.2 Å². The van der Waals surface area contributed by atoms with Gasteiger partial charge in [0.15, 0.2) is 17.3 Å². The molecule has 4 nitrogen and oxygen atoms in total. The lowest BCUT2D eigenvalue weighted by Crippen LogP contribution is -2.34. The van der Waals surface area contributed by atoms with Crippen LogP contribution >= 0.6 is 0 Å². The summed E-state index contributed by atoms with van der Waals surface area (Å²) in [6.07, 6.45) is -2.14. The molecule has 1 aliphatic carbocycles. The fraction of sp³-hybridized carbons (Fsp3) is 0.458. The minimum Gasteiger partial charge on any atom is -0.493 e. The van der Waals surface area contributed by atoms with Gasteiger partial charge in [-0.3, -0.25) is 9.69 Å². The number of hydrogen-bond acceptors (Lipinski definition) is 4. The number of hydrogen-bond donors (Lipinski definition) is 0. The van der Waals surface area contributed by atoms with Gasteiger partial charge in [-0.05, 0) is 67.8 Å². The highest BCUT2D eigenvalue weighted by Crippen LogP contribution is 2.39. The summed E-state index contributed by atoms with van der Waals surface area (Å²) < 4.78 is 62.6. The zero-order valence-electron chi connectivity index (χ0n) is 22.2. The maximum atomic E-state index is 13.2. The fourth-order valence-corrected chi connectivity index (χ4v) is 3.92. The molecule has 0 bridgehead atoms. The SMILES string of the molecule is [2H]C1([2H])CC(CC2Cc3cc(OC)c(OC)cc3C2=O)C([2H])([2H])C([2H])([2H])N1Cc1ccccc1. The first-order valence-electron chi connectivity index (χ1n) is 12.5. The van der Waals surface area contributed by atoms with Gasteiger partial charge in [-0.2, -0.15) is 0 Å². The molecule has 148 valence electrons. The number of carbonyl (C=O) groups excluding carboxylic acids is 1. The first-order chi connectivity index (χ1) is 15.9. The van der Waals surface area contributed by atoms with Gasteiger partial charge in [0.1, 0.15) is 0 Å². The summed E-state index contributed by atoms with van der Waals surface area (Å²) >= 11 is 0. The van der Waals surface area contributed by atoms with Gasteiger partial charge in [0.05, 0.1) is 14.2 Å². The van der Waals surface area contributed by atoms with Gasteiger partial charge in [0.2, 0.25) is 0 Å². The summed E-state index contributed by atoms with van der Waals surface area (Å²) in [4.78, 5) is 14.1. The zero-order valence-corrected chi connectivity index (χ0v) is 16.2. The molecule has 4 rings (SSSR count). The Morgan fingerprint density at radius 3 is 2.61 bits per heavy atom. The number of nitrogens with zero attached hydrogens (tertiary/aromatic N) is 1. The van der Waals surface area contributed by atoms with Crippen molar-refractivity contribution in [3.63, 3.8) is 0 Å². The van der Waals surface area contributed by atoms with Crippen LogP contribution in [0.15, 0.2) is 42.5 Å². The summed E-state index contributed by atoms with van der Waals surface area (Å²) in [7, 11) is 3.00. The Balaban J connectivity index is 1.59. The van der Waals surface area contributed by atoms with Crippen LogP contribution in [0.4, 0.5) is 0 Å². The lowest BCUT2D eigenvalue weighted by molar-refractivity contribution is 0.0895. The number of methoxy groups -OCH3 is 2. The number of Topliss-reactive ketones (excluding diaryl/α,β-unsaturated/α-hetero) is 1. The molecule has 28 heavy (non-hydrogen) atoms. The molecule has 2 atom stereocenters. The van der Waals surface area contributed by atoms with Crippen molar-refractivity contribution in [2.45, 2.75) is 32.2 Å². The maximum absolute atomic E-state index is 13.2. The van der Waals surface area contributed by atoms with E-state index in [0.29, 0.717) is 29.0 Å². The van der Waals surface area contributed by atoms with E-state index in [4.69, 9.17) is 17.7 Å². The molecule has 2 aromatic carbocycles. The molecule has 0 spiro atoms. The van der Waals surface area contributed by atoms with E-state index < -0.39 is 31.2 Å². The molecule has 0 aromatic heterocycles. The molecule has 2 aliphatic rings. The number of fused-ring (bicyclic) bond motifs is 1. The summed E-state index contributed by atoms with van der Waals surface area (Å²) in [6.45, 7) is -4.72. The Kier molecular flexibility index (Phi) is 3.88. The Labute approximate surface area is 175 Å². The lowest BCUT2D eigenvalue weighted by atomic mass is 9.85. The van der Waals surface area contributed by atoms with Crippen LogP contribution in [0.25, 0.3) is 0 Å². The van der Waals surface area contributed by atoms with E-state index in [9.17, 15) is 4.79 Å². The minimum absolute atomic E-state index is 0.0551. The highest BCUT2D eigenvalue weighted by atomic mass is 16.5. The Morgan fingerprint density at radius 1 is 1.11 bits per heavy atom. The number of piperidine rings is 1. The van der Waals surface area contributed by atoms with E-state index >= 15 is 0 Å². The highest BCUT2D eigenvalue weighted by Gasteiger charge is 2.34. The van der Waals surface area contributed by atoms with Crippen LogP contribution in [0.3, 0.4) is 0 Å². The quantitative estimate of drug-likeness (QED) is 0.741. The van der Waals surface area contributed by atoms with Gasteiger partial charge in [0, 0.05) is 26.3 Å². The lowest BCUT2D eigenvalue weighted by Gasteiger charge is -2.32. The van der Waals surface area contributed by atoms with Crippen molar-refractivity contribution in [2.75, 3.05) is 27.2 Å². The van der Waals surface area contributed by atoms with Gasteiger partial charge in [0.25, 0.3) is 0 Å². The third kappa shape index (κ3) is 3.93. The van der Waals surface area contributed by atoms with Crippen molar-refractivity contribution in [1.29, 1.82) is 0 Å². The van der Waals surface area contributed by atoms with Crippen LogP contribution in [-0.2, 0) is 13.0 Å². The van der Waals surface area contributed by atoms with E-state index in [1.807, 2.05) is 6.07 Å². The molecular formula is C24H29NO3. The number of ketones is 1. The first kappa shape index (κ1) is 13.0. The zero-order chi connectivity index (χ0) is 24.9. The van der Waals surface area contributed by atoms with Crippen LogP contribution in [0.1, 0.15) is 48.9 Å². The normalized spacial score (nSPS) is 30.7. The Hall–Kier alpha value is -2.33. The second kappa shape index (κ2) is 8.36. The van der Waals surface area contributed by atoms with Gasteiger partial charge >= 0.3 is 0 Å². The number of rotatable bonds is 6. The molecule has 1 heterocycles. The molecule has 2 unspecified atom stereocenters. The molecule has 2 aromatic rings. The Bertz CT molecular complexity index is 1080. The minimum atomic E-state index is -2.57. The van der Waals surface area contributed by atoms with E-state index in [1.54, 1.807) is 36.4 Å². The van der Waals surface area contributed by atoms with Gasteiger partial charge in [-0.25, -0.2) is 0 Å². The monoisotopic (exact) mass is 385 g/mol. The van der Waals surface area contributed by atoms with Crippen LogP contribution < -0.4 is 9.47 Å². The van der Waals surface area contributed by atoms with Crippen LogP contribution in [-0.4, -0.2) is 37.9 Å². The van der Waals surface area contributed by atoms with Crippen molar-refractivity contribution >= 4 is 5.78 Å². The summed E-state index contributed by atoms with van der Waals surface area (Å²) in [5.74, 6) is -0.741. The van der Waals surface area contributed by atoms with E-state index in [-0.39, 0.29) is 25.2 Å². The third-order valence-electron chi connectivity index (χ3n) is 5.40. The molecule has 1 fully saturated rings. The molecule has 1 aliphatic heterocycles. The topological polar surface area (TPSA) is 38.8 Å². The van der Waals surface area contributed by atoms with Crippen molar-refractivity contribution in [3.8, 4) is 11.5 Å². The fourth-order valence-electron chi connectivity index (χ4n) is 3.92. The van der Waals surface area contributed by atoms with Crippen LogP contribution in [0.2, 0.25) is 0 Å². The average molecular weight is 386 g/mol. The summed E-state index contributed by atoms with van der Waals surface area (Å²) in [5.41, 5.74) is 1.98. The van der Waals surface area contributed by atoms with E-state index in [2.05, 4.69) is 0 Å². The number of benzene rings is 2. The second-order valence-electron chi connectivity index (χ2n) is 7.25. The maximum Gasteiger partial charge on any atom is 0.166 e. The highest BCUT2D eigenvalue weighted by molar-refractivity contribution is 6.02. The largest absolute Gasteiger partial charge is 0.493 e. The molecule has 0 amide bonds. The Morgan fingerprint density at radius 2 is 1.86 bits per heavy atom. The molecule has 1 saturated heterocycles. The molecule has 0 saturated carbocycles. The molecule has 4 heteroatoms. The van der Waals surface area contributed by atoms with Gasteiger partial charge < -0.3 is 9.47 Å². The standard InChI is InChI=1S/C24H29NO3/c1-27-22-14-19-13-20(24(26)21(19)15-23(22)28-2)12-17-8-10-25(11-9-17)16-18-6-4-3-5-7-18/h3-7,14-15,17,20H,8-13,16H2,1-2H3/i8D2,10D2,11D2. The average Bonchev–Trinajstić information content (AvgIpc) is 3.09. The van der Waals surface area contributed by atoms with Gasteiger partial charge in [-0.15, -0.1) is 0 Å². The number of ether oxygens (including phenoxy) is 2. The molecular weight excluding hydrogens is 350 g/mol. The predicted octanol–water partition coefficient (Wildman–Crippen LogP) is 4.36. The number of carbonyl (C=O) groups is 1. The molecule has 0 N–H and O–H groups in total. The van der Waals surface area contributed by atoms with E-state index in [1.165, 1.54) is 14.2 Å². The molecule has 0 radical (unpaired) electrons. The van der Waals surface area contributed by atoms with Crippen LogP contribution in [0.5, 0.6) is 11.5 Å². The van der Waals surface area contributed by atoms with Crippen molar-refractivity contribution in [2.24, 2.45) is 11.8 Å². The van der Waals surface area contributed by atoms with E-state index in [0.717, 1.165) is 10.5 Å². The third-order valence-corrected chi connectivity index (χ3v) is 5.40. The smallest absolute Gasteiger partial charge is 0.166 e. The predicted molar refractivity (Wildman–Crippen MR) is 110 cm³/mol. The summed E-state index contributed by atoms with van der Waals surface area (Å²) in [5, 5.41) is 0. The first-order valence-corrected chi connectivity index (χ1v) is 9.53. The van der Waals surface area contributed by atoms with Crippen LogP contribution in [0, 0.1) is 11.8 Å². The summed E-state index contributed by atoms with van der Waals surface area (Å²) in [6, 6.07) is 12.3. The van der Waals surface area contributed by atoms with Crippen molar-refractivity contribution < 1.29 is 22.5 Å².